The highest BCUT2D eigenvalue weighted by Crippen LogP contribution is 2.27. The van der Waals surface area contributed by atoms with Gasteiger partial charge in [-0.15, -0.1) is 22.7 Å². The highest BCUT2D eigenvalue weighted by atomic mass is 32.1. The number of ether oxygens (including phenoxy) is 2. The smallest absolute Gasteiger partial charge is 0.358 e. The highest BCUT2D eigenvalue weighted by molar-refractivity contribution is 7.13. The first kappa shape index (κ1) is 18.3. The third-order valence-corrected chi connectivity index (χ3v) is 5.81. The van der Waals surface area contributed by atoms with Gasteiger partial charge in [-0.05, 0) is 24.3 Å². The van der Waals surface area contributed by atoms with Crippen LogP contribution in [0.25, 0.3) is 21.1 Å². The quantitative estimate of drug-likeness (QED) is 0.405. The highest BCUT2D eigenvalue weighted by Gasteiger charge is 2.14. The standard InChI is InChI=1S/C21H16N2O3S2/c1-25-17-9-7-15(8-10-17)19-22-16(12-27-19)11-26-21(24)18-13-28-20(23-18)14-5-3-2-4-6-14/h2-10,12-13H,11H2,1H3. The molecule has 2 aromatic carbocycles. The van der Waals surface area contributed by atoms with Crippen LogP contribution < -0.4 is 4.74 Å². The molecule has 7 heteroatoms. The summed E-state index contributed by atoms with van der Waals surface area (Å²) in [6.07, 6.45) is 0. The van der Waals surface area contributed by atoms with Crippen molar-refractivity contribution in [2.45, 2.75) is 6.61 Å². The minimum atomic E-state index is -0.447. The van der Waals surface area contributed by atoms with Crippen LogP contribution in [0, 0.1) is 0 Å². The van der Waals surface area contributed by atoms with Crippen molar-refractivity contribution in [3.8, 4) is 26.9 Å². The molecule has 2 heterocycles. The summed E-state index contributed by atoms with van der Waals surface area (Å²) in [5, 5.41) is 5.27. The number of hydrogen-bond donors (Lipinski definition) is 0. The molecule has 2 aromatic heterocycles. The molecule has 0 fully saturated rings. The third-order valence-electron chi connectivity index (χ3n) is 3.97. The Kier molecular flexibility index (Phi) is 5.45. The van der Waals surface area contributed by atoms with E-state index >= 15 is 0 Å². The summed E-state index contributed by atoms with van der Waals surface area (Å²) >= 11 is 2.93. The summed E-state index contributed by atoms with van der Waals surface area (Å²) in [7, 11) is 1.63. The maximum Gasteiger partial charge on any atom is 0.358 e. The summed E-state index contributed by atoms with van der Waals surface area (Å²) < 4.78 is 10.5. The van der Waals surface area contributed by atoms with Gasteiger partial charge in [0, 0.05) is 21.9 Å². The van der Waals surface area contributed by atoms with Crippen LogP contribution in [0.15, 0.2) is 65.4 Å². The SMILES string of the molecule is COc1ccc(-c2nc(COC(=O)c3csc(-c4ccccc4)n3)cs2)cc1. The average Bonchev–Trinajstić information content (AvgIpc) is 3.43. The second kappa shape index (κ2) is 8.33. The molecule has 0 atom stereocenters. The molecule has 0 radical (unpaired) electrons. The van der Waals surface area contributed by atoms with E-state index in [9.17, 15) is 4.79 Å². The van der Waals surface area contributed by atoms with Crippen molar-refractivity contribution >= 4 is 28.6 Å². The zero-order valence-corrected chi connectivity index (χ0v) is 16.6. The van der Waals surface area contributed by atoms with Gasteiger partial charge in [0.2, 0.25) is 0 Å². The number of methoxy groups -OCH3 is 1. The monoisotopic (exact) mass is 408 g/mol. The molecule has 28 heavy (non-hydrogen) atoms. The van der Waals surface area contributed by atoms with Gasteiger partial charge in [-0.2, -0.15) is 0 Å². The number of aromatic nitrogens is 2. The van der Waals surface area contributed by atoms with Crippen LogP contribution in [0.2, 0.25) is 0 Å². The fourth-order valence-corrected chi connectivity index (χ4v) is 4.14. The molecule has 0 aliphatic rings. The number of benzene rings is 2. The Bertz CT molecular complexity index is 1070. The van der Waals surface area contributed by atoms with Crippen molar-refractivity contribution < 1.29 is 14.3 Å². The van der Waals surface area contributed by atoms with Gasteiger partial charge < -0.3 is 9.47 Å². The molecule has 4 aromatic rings. The minimum absolute atomic E-state index is 0.115. The van der Waals surface area contributed by atoms with E-state index in [1.807, 2.05) is 60.0 Å². The summed E-state index contributed by atoms with van der Waals surface area (Å²) in [6, 6.07) is 17.4. The van der Waals surface area contributed by atoms with Crippen molar-refractivity contribution in [1.29, 1.82) is 0 Å². The molecule has 0 amide bonds. The first-order chi connectivity index (χ1) is 13.7. The first-order valence-corrected chi connectivity index (χ1v) is 10.3. The van der Waals surface area contributed by atoms with Gasteiger partial charge in [0.25, 0.3) is 0 Å². The van der Waals surface area contributed by atoms with E-state index < -0.39 is 5.97 Å². The van der Waals surface area contributed by atoms with Gasteiger partial charge in [-0.25, -0.2) is 14.8 Å². The van der Waals surface area contributed by atoms with Crippen LogP contribution in [0.5, 0.6) is 5.75 Å². The van der Waals surface area contributed by atoms with Crippen molar-refractivity contribution in [1.82, 2.24) is 9.97 Å². The maximum absolute atomic E-state index is 12.3. The van der Waals surface area contributed by atoms with Gasteiger partial charge in [0.1, 0.15) is 22.4 Å². The number of thiazole rings is 2. The molecule has 0 aliphatic heterocycles. The van der Waals surface area contributed by atoms with E-state index in [-0.39, 0.29) is 6.61 Å². The van der Waals surface area contributed by atoms with Crippen LogP contribution in [0.1, 0.15) is 16.2 Å². The van der Waals surface area contributed by atoms with Gasteiger partial charge in [0.05, 0.1) is 12.8 Å². The third kappa shape index (κ3) is 4.11. The number of esters is 1. The normalized spacial score (nSPS) is 10.6. The van der Waals surface area contributed by atoms with E-state index in [4.69, 9.17) is 9.47 Å². The Labute approximate surface area is 170 Å². The lowest BCUT2D eigenvalue weighted by Crippen LogP contribution is -2.05. The molecule has 0 spiro atoms. The number of carbonyl (C=O) groups excluding carboxylic acids is 1. The Morgan fingerprint density at radius 2 is 1.57 bits per heavy atom. The van der Waals surface area contributed by atoms with Crippen molar-refractivity contribution in [2.24, 2.45) is 0 Å². The van der Waals surface area contributed by atoms with E-state index in [1.165, 1.54) is 22.7 Å². The number of carbonyl (C=O) groups is 1. The second-order valence-corrected chi connectivity index (χ2v) is 7.57. The zero-order chi connectivity index (χ0) is 19.3. The Hall–Kier alpha value is -3.03. The molecular weight excluding hydrogens is 392 g/mol. The number of nitrogens with zero attached hydrogens (tertiary/aromatic N) is 2. The lowest BCUT2D eigenvalue weighted by molar-refractivity contribution is 0.0462. The Balaban J connectivity index is 1.39. The van der Waals surface area contributed by atoms with E-state index in [0.29, 0.717) is 11.4 Å². The molecule has 0 N–H and O–H groups in total. The first-order valence-electron chi connectivity index (χ1n) is 8.50. The molecule has 0 saturated heterocycles. The largest absolute Gasteiger partial charge is 0.497 e. The van der Waals surface area contributed by atoms with Crippen LogP contribution in [0.4, 0.5) is 0 Å². The molecule has 5 nitrogen and oxygen atoms in total. The molecule has 4 rings (SSSR count). The van der Waals surface area contributed by atoms with Crippen molar-refractivity contribution in [3.63, 3.8) is 0 Å². The van der Waals surface area contributed by atoms with Crippen molar-refractivity contribution in [3.05, 3.63) is 76.7 Å². The molecule has 0 unspecified atom stereocenters. The summed E-state index contributed by atoms with van der Waals surface area (Å²) in [4.78, 5) is 21.2. The fraction of sp³-hybridized carbons (Fsp3) is 0.0952. The number of rotatable bonds is 6. The lowest BCUT2D eigenvalue weighted by Gasteiger charge is -2.01. The summed E-state index contributed by atoms with van der Waals surface area (Å²) in [5.41, 5.74) is 3.00. The van der Waals surface area contributed by atoms with E-state index in [1.54, 1.807) is 12.5 Å². The van der Waals surface area contributed by atoms with Gasteiger partial charge in [0.15, 0.2) is 5.69 Å². The molecule has 0 saturated carbocycles. The van der Waals surface area contributed by atoms with Gasteiger partial charge >= 0.3 is 5.97 Å². The molecule has 140 valence electrons. The number of hydrogen-bond acceptors (Lipinski definition) is 7. The maximum atomic E-state index is 12.3. The van der Waals surface area contributed by atoms with Crippen LogP contribution in [-0.2, 0) is 11.3 Å². The molecule has 0 aliphatic carbocycles. The Morgan fingerprint density at radius 1 is 0.893 bits per heavy atom. The Morgan fingerprint density at radius 3 is 2.32 bits per heavy atom. The van der Waals surface area contributed by atoms with Crippen LogP contribution in [-0.4, -0.2) is 23.0 Å². The van der Waals surface area contributed by atoms with E-state index in [0.717, 1.165) is 26.9 Å². The van der Waals surface area contributed by atoms with Gasteiger partial charge in [-0.1, -0.05) is 30.3 Å². The van der Waals surface area contributed by atoms with Crippen LogP contribution >= 0.6 is 22.7 Å². The second-order valence-electron chi connectivity index (χ2n) is 5.85. The topological polar surface area (TPSA) is 61.3 Å². The molecular formula is C21H16N2O3S2. The lowest BCUT2D eigenvalue weighted by atomic mass is 10.2. The van der Waals surface area contributed by atoms with E-state index in [2.05, 4.69) is 9.97 Å². The van der Waals surface area contributed by atoms with Crippen molar-refractivity contribution in [2.75, 3.05) is 7.11 Å². The van der Waals surface area contributed by atoms with Gasteiger partial charge in [-0.3, -0.25) is 0 Å². The summed E-state index contributed by atoms with van der Waals surface area (Å²) in [6.45, 7) is 0.115. The zero-order valence-electron chi connectivity index (χ0n) is 15.0. The molecule has 0 bridgehead atoms. The average molecular weight is 409 g/mol. The fourth-order valence-electron chi connectivity index (χ4n) is 2.53. The summed E-state index contributed by atoms with van der Waals surface area (Å²) in [5.74, 6) is 0.352. The minimum Gasteiger partial charge on any atom is -0.497 e. The predicted octanol–water partition coefficient (Wildman–Crippen LogP) is 5.30. The predicted molar refractivity (Wildman–Crippen MR) is 111 cm³/mol. The van der Waals surface area contributed by atoms with Crippen LogP contribution in [0.3, 0.4) is 0 Å².